The molecule has 0 atom stereocenters. The third kappa shape index (κ3) is 2.80. The van der Waals surface area contributed by atoms with Gasteiger partial charge in [0, 0.05) is 5.56 Å². The molecule has 19 heavy (non-hydrogen) atoms. The number of hydrogen-bond acceptors (Lipinski definition) is 1. The average molecular weight is 254 g/mol. The van der Waals surface area contributed by atoms with Gasteiger partial charge in [-0.15, -0.1) is 0 Å². The Balaban J connectivity index is 1.86. The van der Waals surface area contributed by atoms with Crippen LogP contribution < -0.4 is 0 Å². The number of ketones is 1. The van der Waals surface area contributed by atoms with Gasteiger partial charge in [-0.05, 0) is 49.2 Å². The second-order valence-corrected chi connectivity index (χ2v) is 5.93. The lowest BCUT2D eigenvalue weighted by molar-refractivity contribution is 0.103. The molecule has 0 amide bonds. The van der Waals surface area contributed by atoms with Crippen LogP contribution in [-0.4, -0.2) is 5.78 Å². The maximum absolute atomic E-state index is 12.6. The molecule has 0 heterocycles. The van der Waals surface area contributed by atoms with Crippen molar-refractivity contribution in [1.82, 2.24) is 0 Å². The zero-order valence-corrected chi connectivity index (χ0v) is 11.5. The molecule has 2 aliphatic rings. The molecule has 0 unspecified atom stereocenters. The summed E-state index contributed by atoms with van der Waals surface area (Å²) in [5.41, 5.74) is 3.26. The Bertz CT molecular complexity index is 492. The van der Waals surface area contributed by atoms with Crippen LogP contribution in [0.4, 0.5) is 0 Å². The average Bonchev–Trinajstić information content (AvgIpc) is 2.61. The van der Waals surface area contributed by atoms with Crippen molar-refractivity contribution < 1.29 is 4.79 Å². The third-order valence-electron chi connectivity index (χ3n) is 4.53. The maximum Gasteiger partial charge on any atom is 0.188 e. The van der Waals surface area contributed by atoms with Gasteiger partial charge >= 0.3 is 0 Å². The molecule has 2 aliphatic carbocycles. The Morgan fingerprint density at radius 3 is 2.58 bits per heavy atom. The van der Waals surface area contributed by atoms with E-state index in [2.05, 4.69) is 12.1 Å². The van der Waals surface area contributed by atoms with Crippen molar-refractivity contribution in [3.63, 3.8) is 0 Å². The van der Waals surface area contributed by atoms with Crippen molar-refractivity contribution in [2.24, 2.45) is 5.92 Å². The van der Waals surface area contributed by atoms with Gasteiger partial charge in [-0.3, -0.25) is 4.79 Å². The zero-order valence-electron chi connectivity index (χ0n) is 11.5. The Kier molecular flexibility index (Phi) is 3.82. The second-order valence-electron chi connectivity index (χ2n) is 5.93. The fourth-order valence-corrected chi connectivity index (χ4v) is 3.46. The summed E-state index contributed by atoms with van der Waals surface area (Å²) in [6, 6.07) is 8.14. The van der Waals surface area contributed by atoms with Crippen LogP contribution in [0.15, 0.2) is 35.9 Å². The number of rotatable bonds is 1. The molecular weight excluding hydrogens is 232 g/mol. The van der Waals surface area contributed by atoms with Gasteiger partial charge in [-0.1, -0.05) is 49.6 Å². The van der Waals surface area contributed by atoms with Crippen LogP contribution in [0.1, 0.15) is 60.9 Å². The Morgan fingerprint density at radius 1 is 0.947 bits per heavy atom. The molecule has 1 saturated carbocycles. The van der Waals surface area contributed by atoms with Gasteiger partial charge in [0.2, 0.25) is 0 Å². The second kappa shape index (κ2) is 5.73. The van der Waals surface area contributed by atoms with Gasteiger partial charge in [0.25, 0.3) is 0 Å². The molecule has 0 bridgehead atoms. The predicted molar refractivity (Wildman–Crippen MR) is 78.4 cm³/mol. The molecule has 1 aromatic carbocycles. The summed E-state index contributed by atoms with van der Waals surface area (Å²) in [6.07, 6.45) is 12.0. The number of carbonyl (C=O) groups is 1. The van der Waals surface area contributed by atoms with Crippen LogP contribution in [-0.2, 0) is 6.42 Å². The zero-order chi connectivity index (χ0) is 13.1. The SMILES string of the molecule is O=C1C(=CC2CCCCC2)CCCc2ccccc21. The van der Waals surface area contributed by atoms with Crippen LogP contribution in [0, 0.1) is 5.92 Å². The van der Waals surface area contributed by atoms with E-state index in [1.54, 1.807) is 0 Å². The standard InChI is InChI=1S/C18H22O/c19-18-16(13-14-7-2-1-3-8-14)11-6-10-15-9-4-5-12-17(15)18/h4-5,9,12-14H,1-3,6-8,10-11H2. The monoisotopic (exact) mass is 254 g/mol. The fourth-order valence-electron chi connectivity index (χ4n) is 3.46. The van der Waals surface area contributed by atoms with E-state index in [4.69, 9.17) is 0 Å². The highest BCUT2D eigenvalue weighted by atomic mass is 16.1. The lowest BCUT2D eigenvalue weighted by atomic mass is 9.86. The molecule has 1 heteroatoms. The maximum atomic E-state index is 12.6. The lowest BCUT2D eigenvalue weighted by Gasteiger charge is -2.19. The normalized spacial score (nSPS) is 23.2. The number of allylic oxidation sites excluding steroid dienone is 2. The third-order valence-corrected chi connectivity index (χ3v) is 4.53. The van der Waals surface area contributed by atoms with Crippen molar-refractivity contribution in [2.45, 2.75) is 51.4 Å². The molecule has 0 spiro atoms. The van der Waals surface area contributed by atoms with E-state index in [0.29, 0.717) is 11.7 Å². The quantitative estimate of drug-likeness (QED) is 0.524. The Labute approximate surface area is 115 Å². The Morgan fingerprint density at radius 2 is 1.74 bits per heavy atom. The molecule has 0 saturated heterocycles. The molecular formula is C18H22O. The van der Waals surface area contributed by atoms with Crippen LogP contribution in [0.5, 0.6) is 0 Å². The first-order chi connectivity index (χ1) is 9.34. The highest BCUT2D eigenvalue weighted by Crippen LogP contribution is 2.30. The van der Waals surface area contributed by atoms with E-state index >= 15 is 0 Å². The number of fused-ring (bicyclic) bond motifs is 1. The topological polar surface area (TPSA) is 17.1 Å². The van der Waals surface area contributed by atoms with Crippen LogP contribution in [0.3, 0.4) is 0 Å². The summed E-state index contributed by atoms with van der Waals surface area (Å²) in [5.74, 6) is 0.941. The van der Waals surface area contributed by atoms with Crippen molar-refractivity contribution in [1.29, 1.82) is 0 Å². The van der Waals surface area contributed by atoms with E-state index in [1.807, 2.05) is 18.2 Å². The van der Waals surface area contributed by atoms with Crippen molar-refractivity contribution in [3.8, 4) is 0 Å². The molecule has 100 valence electrons. The Hall–Kier alpha value is -1.37. The smallest absolute Gasteiger partial charge is 0.188 e. The summed E-state index contributed by atoms with van der Waals surface area (Å²) < 4.78 is 0. The molecule has 0 radical (unpaired) electrons. The minimum absolute atomic E-state index is 0.290. The van der Waals surface area contributed by atoms with Crippen LogP contribution in [0.25, 0.3) is 0 Å². The lowest BCUT2D eigenvalue weighted by Crippen LogP contribution is -2.08. The summed E-state index contributed by atoms with van der Waals surface area (Å²) in [4.78, 5) is 12.6. The van der Waals surface area contributed by atoms with Gasteiger partial charge in [0.15, 0.2) is 5.78 Å². The van der Waals surface area contributed by atoms with Gasteiger partial charge in [-0.25, -0.2) is 0 Å². The fraction of sp³-hybridized carbons (Fsp3) is 0.500. The summed E-state index contributed by atoms with van der Waals surface area (Å²) in [5, 5.41) is 0. The highest BCUT2D eigenvalue weighted by Gasteiger charge is 2.21. The highest BCUT2D eigenvalue weighted by molar-refractivity contribution is 6.09. The molecule has 0 N–H and O–H groups in total. The van der Waals surface area contributed by atoms with E-state index in [1.165, 1.54) is 37.7 Å². The number of Topliss-reactive ketones (excluding diaryl/α,β-unsaturated/α-hetero) is 1. The molecule has 0 aromatic heterocycles. The number of benzene rings is 1. The summed E-state index contributed by atoms with van der Waals surface area (Å²) in [6.45, 7) is 0. The number of carbonyl (C=O) groups excluding carboxylic acids is 1. The molecule has 1 aromatic rings. The van der Waals surface area contributed by atoms with E-state index in [-0.39, 0.29) is 0 Å². The van der Waals surface area contributed by atoms with Gasteiger partial charge in [0.1, 0.15) is 0 Å². The largest absolute Gasteiger partial charge is 0.289 e. The van der Waals surface area contributed by atoms with Crippen LogP contribution in [0.2, 0.25) is 0 Å². The molecule has 1 fully saturated rings. The van der Waals surface area contributed by atoms with Gasteiger partial charge < -0.3 is 0 Å². The van der Waals surface area contributed by atoms with E-state index < -0.39 is 0 Å². The van der Waals surface area contributed by atoms with Crippen molar-refractivity contribution in [2.75, 3.05) is 0 Å². The van der Waals surface area contributed by atoms with E-state index in [9.17, 15) is 4.79 Å². The van der Waals surface area contributed by atoms with E-state index in [0.717, 1.165) is 30.4 Å². The predicted octanol–water partition coefficient (Wildman–Crippen LogP) is 4.71. The summed E-state index contributed by atoms with van der Waals surface area (Å²) in [7, 11) is 0. The van der Waals surface area contributed by atoms with Gasteiger partial charge in [-0.2, -0.15) is 0 Å². The summed E-state index contributed by atoms with van der Waals surface area (Å²) >= 11 is 0. The first kappa shape index (κ1) is 12.7. The number of hydrogen-bond donors (Lipinski definition) is 0. The molecule has 1 nitrogen and oxygen atoms in total. The molecule has 3 rings (SSSR count). The first-order valence-electron chi connectivity index (χ1n) is 7.68. The molecule has 0 aliphatic heterocycles. The van der Waals surface area contributed by atoms with Crippen molar-refractivity contribution >= 4 is 5.78 Å². The minimum Gasteiger partial charge on any atom is -0.289 e. The first-order valence-corrected chi connectivity index (χ1v) is 7.68. The number of aryl methyl sites for hydroxylation is 1. The van der Waals surface area contributed by atoms with Crippen molar-refractivity contribution in [3.05, 3.63) is 47.0 Å². The van der Waals surface area contributed by atoms with Gasteiger partial charge in [0.05, 0.1) is 0 Å². The van der Waals surface area contributed by atoms with Crippen LogP contribution >= 0.6 is 0 Å². The minimum atomic E-state index is 0.290.